The molecule has 0 saturated heterocycles. The topological polar surface area (TPSA) is 123 Å². The standard InChI is InChI=1S/2C20H30O3.C17H28O2/c1-16(2)9-7-5-4-6-8-10-18(21)13-11-17-12-14-19(22)20(15-17)23-3;1-4-16(2)9-7-5-6-8-10-18(21)13-11-17-12-14-19(22)20(15-17)23-3;1-3-4-5-6-7-8-9-10-11-15-12-13-16(18)17(14-15)19-2/h5,7,12,14-16,22H,4,6,8-11,13H2,1-3H3;7,9,12,14-16,22H,4-6,8,10-11,13H2,1-3H3;12-14,18H,3-11H2,1-2H3/b7-5+;9-7+;. The van der Waals surface area contributed by atoms with Gasteiger partial charge in [-0.2, -0.15) is 0 Å². The number of methoxy groups -OCH3 is 3. The summed E-state index contributed by atoms with van der Waals surface area (Å²) in [6.45, 7) is 11.1. The third-order valence-corrected chi connectivity index (χ3v) is 11.5. The van der Waals surface area contributed by atoms with Crippen molar-refractivity contribution < 1.29 is 39.1 Å². The number of aromatic hydroxyl groups is 3. The van der Waals surface area contributed by atoms with Gasteiger partial charge in [0.2, 0.25) is 0 Å². The minimum absolute atomic E-state index is 0.132. The van der Waals surface area contributed by atoms with Crippen LogP contribution in [0.5, 0.6) is 34.5 Å². The maximum Gasteiger partial charge on any atom is 0.160 e. The summed E-state index contributed by atoms with van der Waals surface area (Å²) in [5.74, 6) is 3.97. The van der Waals surface area contributed by atoms with E-state index in [1.165, 1.54) is 77.6 Å². The lowest BCUT2D eigenvalue weighted by Crippen LogP contribution is -2.00. The number of ether oxygens (including phenoxy) is 3. The minimum atomic E-state index is 0.132. The largest absolute Gasteiger partial charge is 0.504 e. The van der Waals surface area contributed by atoms with Gasteiger partial charge in [0.15, 0.2) is 34.5 Å². The molecule has 8 heteroatoms. The predicted octanol–water partition coefficient (Wildman–Crippen LogP) is 15.2. The van der Waals surface area contributed by atoms with E-state index >= 15 is 0 Å². The number of allylic oxidation sites excluding steroid dienone is 4. The van der Waals surface area contributed by atoms with Crippen LogP contribution in [0.4, 0.5) is 0 Å². The van der Waals surface area contributed by atoms with Gasteiger partial charge >= 0.3 is 0 Å². The van der Waals surface area contributed by atoms with Crippen LogP contribution in [0, 0.1) is 11.8 Å². The number of carbonyl (C=O) groups is 2. The fourth-order valence-electron chi connectivity index (χ4n) is 7.03. The average molecular weight is 901 g/mol. The van der Waals surface area contributed by atoms with Crippen LogP contribution in [0.3, 0.4) is 0 Å². The Bertz CT molecular complexity index is 1760. The van der Waals surface area contributed by atoms with Crippen molar-refractivity contribution >= 4 is 11.6 Å². The van der Waals surface area contributed by atoms with Gasteiger partial charge in [0.25, 0.3) is 0 Å². The van der Waals surface area contributed by atoms with Crippen molar-refractivity contribution in [2.45, 2.75) is 182 Å². The summed E-state index contributed by atoms with van der Waals surface area (Å²) < 4.78 is 15.3. The molecule has 0 aliphatic carbocycles. The first-order valence-electron chi connectivity index (χ1n) is 24.8. The zero-order valence-electron chi connectivity index (χ0n) is 41.8. The Morgan fingerprint density at radius 3 is 1.34 bits per heavy atom. The molecule has 0 aromatic heterocycles. The quantitative estimate of drug-likeness (QED) is 0.0418. The number of Topliss-reactive ketones (excluding diaryl/α,β-unsaturated/α-hetero) is 2. The summed E-state index contributed by atoms with van der Waals surface area (Å²) in [6, 6.07) is 16.1. The Balaban J connectivity index is 0.000000490. The van der Waals surface area contributed by atoms with Crippen molar-refractivity contribution in [3.8, 4) is 34.5 Å². The van der Waals surface area contributed by atoms with Crippen LogP contribution < -0.4 is 14.2 Å². The average Bonchev–Trinajstić information content (AvgIpc) is 3.30. The van der Waals surface area contributed by atoms with E-state index in [4.69, 9.17) is 14.2 Å². The van der Waals surface area contributed by atoms with Gasteiger partial charge < -0.3 is 29.5 Å². The van der Waals surface area contributed by atoms with Crippen LogP contribution in [-0.4, -0.2) is 48.2 Å². The molecule has 0 radical (unpaired) electrons. The van der Waals surface area contributed by atoms with E-state index in [1.807, 2.05) is 24.3 Å². The van der Waals surface area contributed by atoms with Crippen LogP contribution in [-0.2, 0) is 28.9 Å². The van der Waals surface area contributed by atoms with E-state index in [-0.39, 0.29) is 17.2 Å². The molecule has 0 heterocycles. The number of aryl methyl sites for hydroxylation is 3. The van der Waals surface area contributed by atoms with Crippen LogP contribution >= 0.6 is 0 Å². The fourth-order valence-corrected chi connectivity index (χ4v) is 7.03. The van der Waals surface area contributed by atoms with Crippen molar-refractivity contribution in [3.63, 3.8) is 0 Å². The second-order valence-corrected chi connectivity index (χ2v) is 17.7. The third-order valence-electron chi connectivity index (χ3n) is 11.5. The number of benzene rings is 3. The summed E-state index contributed by atoms with van der Waals surface area (Å²) in [4.78, 5) is 23.8. The van der Waals surface area contributed by atoms with Crippen LogP contribution in [0.25, 0.3) is 0 Å². The number of hydrogen-bond donors (Lipinski definition) is 3. The number of hydrogen-bond acceptors (Lipinski definition) is 8. The molecule has 0 bridgehead atoms. The highest BCUT2D eigenvalue weighted by atomic mass is 16.5. The van der Waals surface area contributed by atoms with Crippen molar-refractivity contribution in [1.29, 1.82) is 0 Å². The monoisotopic (exact) mass is 901 g/mol. The molecule has 1 atom stereocenters. The van der Waals surface area contributed by atoms with Gasteiger partial charge in [0.05, 0.1) is 21.3 Å². The smallest absolute Gasteiger partial charge is 0.160 e. The molecule has 0 amide bonds. The molecular formula is C57H88O8. The highest BCUT2D eigenvalue weighted by Crippen LogP contribution is 2.29. The van der Waals surface area contributed by atoms with Gasteiger partial charge in [-0.25, -0.2) is 0 Å². The molecule has 0 fully saturated rings. The zero-order valence-corrected chi connectivity index (χ0v) is 41.8. The second kappa shape index (κ2) is 37.5. The minimum Gasteiger partial charge on any atom is -0.504 e. The molecule has 0 spiro atoms. The van der Waals surface area contributed by atoms with Crippen molar-refractivity contribution in [3.05, 3.63) is 95.6 Å². The van der Waals surface area contributed by atoms with E-state index in [0.717, 1.165) is 62.5 Å². The molecule has 0 aliphatic heterocycles. The second-order valence-electron chi connectivity index (χ2n) is 17.7. The highest BCUT2D eigenvalue weighted by molar-refractivity contribution is 5.79. The molecule has 3 aromatic rings. The third kappa shape index (κ3) is 29.4. The summed E-state index contributed by atoms with van der Waals surface area (Å²) in [6.07, 6.45) is 33.1. The van der Waals surface area contributed by atoms with E-state index in [1.54, 1.807) is 37.4 Å². The summed E-state index contributed by atoms with van der Waals surface area (Å²) in [5.41, 5.74) is 3.29. The van der Waals surface area contributed by atoms with E-state index in [0.29, 0.717) is 79.2 Å². The van der Waals surface area contributed by atoms with Gasteiger partial charge in [0.1, 0.15) is 11.6 Å². The van der Waals surface area contributed by atoms with Gasteiger partial charge in [-0.05, 0) is 136 Å². The number of phenolic OH excluding ortho intramolecular Hbond substituents is 3. The number of unbranched alkanes of at least 4 members (excludes halogenated alkanes) is 11. The number of carbonyl (C=O) groups excluding carboxylic acids is 2. The number of phenols is 3. The highest BCUT2D eigenvalue weighted by Gasteiger charge is 2.08. The van der Waals surface area contributed by atoms with E-state index in [9.17, 15) is 24.9 Å². The zero-order chi connectivity index (χ0) is 48.1. The van der Waals surface area contributed by atoms with Gasteiger partial charge in [-0.15, -0.1) is 0 Å². The number of rotatable bonds is 32. The summed E-state index contributed by atoms with van der Waals surface area (Å²) in [5, 5.41) is 28.6. The Hall–Kier alpha value is -4.72. The lowest BCUT2D eigenvalue weighted by atomic mass is 10.0. The van der Waals surface area contributed by atoms with Crippen LogP contribution in [0.2, 0.25) is 0 Å². The van der Waals surface area contributed by atoms with Gasteiger partial charge in [-0.3, -0.25) is 9.59 Å². The Morgan fingerprint density at radius 2 is 0.923 bits per heavy atom. The Labute approximate surface area is 394 Å². The first kappa shape index (κ1) is 58.3. The first-order chi connectivity index (χ1) is 31.4. The SMILES string of the molecule is CCC(C)/C=C/CCCCC(=O)CCc1ccc(O)c(OC)c1.CCCCCCCCCCc1ccc(O)c(OC)c1.COc1cc(CCC(=O)CCCC/C=C/CC(C)C)ccc1O. The summed E-state index contributed by atoms with van der Waals surface area (Å²) in [7, 11) is 4.65. The van der Waals surface area contributed by atoms with E-state index < -0.39 is 0 Å². The Morgan fingerprint density at radius 1 is 0.508 bits per heavy atom. The molecule has 0 aliphatic rings. The van der Waals surface area contributed by atoms with Crippen molar-refractivity contribution in [2.24, 2.45) is 11.8 Å². The van der Waals surface area contributed by atoms with Crippen LogP contribution in [0.1, 0.15) is 180 Å². The fraction of sp³-hybridized carbons (Fsp3) is 0.579. The lowest BCUT2D eigenvalue weighted by Gasteiger charge is -2.06. The molecule has 0 saturated carbocycles. The maximum atomic E-state index is 11.9. The molecule has 3 rings (SSSR count). The van der Waals surface area contributed by atoms with Gasteiger partial charge in [0, 0.05) is 25.7 Å². The molecule has 1 unspecified atom stereocenters. The first-order valence-corrected chi connectivity index (χ1v) is 24.8. The van der Waals surface area contributed by atoms with Gasteiger partial charge in [-0.1, -0.05) is 128 Å². The Kier molecular flexibility index (Phi) is 33.6. The summed E-state index contributed by atoms with van der Waals surface area (Å²) >= 11 is 0. The van der Waals surface area contributed by atoms with Crippen LogP contribution in [0.15, 0.2) is 78.9 Å². The molecule has 3 N–H and O–H groups in total. The van der Waals surface area contributed by atoms with Crippen molar-refractivity contribution in [1.82, 2.24) is 0 Å². The lowest BCUT2D eigenvalue weighted by molar-refractivity contribution is -0.120. The molecule has 364 valence electrons. The van der Waals surface area contributed by atoms with E-state index in [2.05, 4.69) is 58.9 Å². The molecular weight excluding hydrogens is 813 g/mol. The van der Waals surface area contributed by atoms with Crippen molar-refractivity contribution in [2.75, 3.05) is 21.3 Å². The molecule has 3 aromatic carbocycles. The molecule has 65 heavy (non-hydrogen) atoms. The maximum absolute atomic E-state index is 11.9. The number of ketones is 2. The molecule has 8 nitrogen and oxygen atoms in total. The normalized spacial score (nSPS) is 11.5. The predicted molar refractivity (Wildman–Crippen MR) is 271 cm³/mol.